The molecule has 1 heterocycles. The summed E-state index contributed by atoms with van der Waals surface area (Å²) < 4.78 is 0. The standard InChI is InChI=1S/C13H16N4O2/c1-9-3-4-11(7-12(9)17(18)19)10(2)16-8-13-14-5-6-15-13/h3-7,10,16H,8H2,1-2H3,(H,14,15). The minimum Gasteiger partial charge on any atom is -0.348 e. The second-order valence-corrected chi connectivity index (χ2v) is 4.44. The number of aromatic nitrogens is 2. The molecule has 1 unspecified atom stereocenters. The van der Waals surface area contributed by atoms with Gasteiger partial charge in [0, 0.05) is 30.1 Å². The molecule has 0 radical (unpaired) electrons. The van der Waals surface area contributed by atoms with Gasteiger partial charge in [-0.05, 0) is 19.4 Å². The highest BCUT2D eigenvalue weighted by Crippen LogP contribution is 2.23. The Balaban J connectivity index is 2.08. The van der Waals surface area contributed by atoms with Gasteiger partial charge in [0.1, 0.15) is 5.82 Å². The molecule has 2 aromatic rings. The summed E-state index contributed by atoms with van der Waals surface area (Å²) in [5.74, 6) is 0.841. The van der Waals surface area contributed by atoms with Gasteiger partial charge < -0.3 is 10.3 Å². The number of benzene rings is 1. The molecule has 1 atom stereocenters. The third kappa shape index (κ3) is 3.17. The largest absolute Gasteiger partial charge is 0.348 e. The van der Waals surface area contributed by atoms with Gasteiger partial charge in [0.05, 0.1) is 11.5 Å². The molecule has 19 heavy (non-hydrogen) atoms. The molecule has 6 heteroatoms. The van der Waals surface area contributed by atoms with Crippen LogP contribution in [0.15, 0.2) is 30.6 Å². The lowest BCUT2D eigenvalue weighted by Crippen LogP contribution is -2.19. The first-order valence-electron chi connectivity index (χ1n) is 6.04. The van der Waals surface area contributed by atoms with Crippen molar-refractivity contribution < 1.29 is 4.92 Å². The van der Waals surface area contributed by atoms with Crippen molar-refractivity contribution >= 4 is 5.69 Å². The average Bonchev–Trinajstić information content (AvgIpc) is 2.89. The van der Waals surface area contributed by atoms with E-state index in [9.17, 15) is 10.1 Å². The molecule has 0 aliphatic rings. The lowest BCUT2D eigenvalue weighted by Gasteiger charge is -2.13. The molecular formula is C13H16N4O2. The highest BCUT2D eigenvalue weighted by atomic mass is 16.6. The molecule has 100 valence electrons. The Morgan fingerprint density at radius 1 is 1.53 bits per heavy atom. The van der Waals surface area contributed by atoms with E-state index in [4.69, 9.17) is 0 Å². The summed E-state index contributed by atoms with van der Waals surface area (Å²) in [6, 6.07) is 5.32. The first-order chi connectivity index (χ1) is 9.08. The van der Waals surface area contributed by atoms with Crippen LogP contribution in [-0.4, -0.2) is 14.9 Å². The van der Waals surface area contributed by atoms with E-state index in [0.29, 0.717) is 12.1 Å². The fourth-order valence-corrected chi connectivity index (χ4v) is 1.85. The molecule has 0 bridgehead atoms. The summed E-state index contributed by atoms with van der Waals surface area (Å²) >= 11 is 0. The van der Waals surface area contributed by atoms with Crippen LogP contribution in [0.3, 0.4) is 0 Å². The highest BCUT2D eigenvalue weighted by molar-refractivity contribution is 5.43. The van der Waals surface area contributed by atoms with Gasteiger partial charge in [0.2, 0.25) is 0 Å². The number of aryl methyl sites for hydroxylation is 1. The van der Waals surface area contributed by atoms with Gasteiger partial charge >= 0.3 is 0 Å². The summed E-state index contributed by atoms with van der Waals surface area (Å²) in [5.41, 5.74) is 1.72. The van der Waals surface area contributed by atoms with Crippen molar-refractivity contribution in [2.75, 3.05) is 0 Å². The monoisotopic (exact) mass is 260 g/mol. The van der Waals surface area contributed by atoms with Crippen molar-refractivity contribution in [2.24, 2.45) is 0 Å². The number of imidazole rings is 1. The van der Waals surface area contributed by atoms with Gasteiger partial charge in [-0.15, -0.1) is 0 Å². The van der Waals surface area contributed by atoms with Gasteiger partial charge in [-0.2, -0.15) is 0 Å². The molecule has 1 aromatic heterocycles. The highest BCUT2D eigenvalue weighted by Gasteiger charge is 2.14. The Kier molecular flexibility index (Phi) is 3.91. The smallest absolute Gasteiger partial charge is 0.272 e. The van der Waals surface area contributed by atoms with Crippen LogP contribution in [0.4, 0.5) is 5.69 Å². The van der Waals surface area contributed by atoms with Gasteiger partial charge in [-0.1, -0.05) is 12.1 Å². The normalized spacial score (nSPS) is 12.3. The predicted octanol–water partition coefficient (Wildman–Crippen LogP) is 2.48. The molecule has 6 nitrogen and oxygen atoms in total. The van der Waals surface area contributed by atoms with Crippen molar-refractivity contribution in [3.8, 4) is 0 Å². The van der Waals surface area contributed by atoms with E-state index in [1.165, 1.54) is 0 Å². The van der Waals surface area contributed by atoms with Gasteiger partial charge in [-0.25, -0.2) is 4.98 Å². The molecule has 1 aromatic carbocycles. The molecule has 2 N–H and O–H groups in total. The van der Waals surface area contributed by atoms with Crippen molar-refractivity contribution in [3.63, 3.8) is 0 Å². The number of nitrogens with zero attached hydrogens (tertiary/aromatic N) is 2. The zero-order chi connectivity index (χ0) is 13.8. The maximum Gasteiger partial charge on any atom is 0.272 e. The van der Waals surface area contributed by atoms with Crippen LogP contribution in [0.1, 0.15) is 29.9 Å². The minimum atomic E-state index is -0.349. The average molecular weight is 260 g/mol. The topological polar surface area (TPSA) is 83.8 Å². The number of hydrogen-bond acceptors (Lipinski definition) is 4. The van der Waals surface area contributed by atoms with Gasteiger partial charge in [0.15, 0.2) is 0 Å². The SMILES string of the molecule is Cc1ccc(C(C)NCc2ncc[nH]2)cc1[N+](=O)[O-]. The van der Waals surface area contributed by atoms with Crippen LogP contribution in [0.25, 0.3) is 0 Å². The molecule has 0 amide bonds. The van der Waals surface area contributed by atoms with Crippen molar-refractivity contribution in [1.82, 2.24) is 15.3 Å². The van der Waals surface area contributed by atoms with Crippen LogP contribution < -0.4 is 5.32 Å². The second kappa shape index (κ2) is 5.62. The molecular weight excluding hydrogens is 244 g/mol. The fourth-order valence-electron chi connectivity index (χ4n) is 1.85. The number of aromatic amines is 1. The van der Waals surface area contributed by atoms with Crippen LogP contribution in [0, 0.1) is 17.0 Å². The van der Waals surface area contributed by atoms with Crippen molar-refractivity contribution in [3.05, 3.63) is 57.7 Å². The van der Waals surface area contributed by atoms with E-state index in [0.717, 1.165) is 11.4 Å². The Hall–Kier alpha value is -2.21. The van der Waals surface area contributed by atoms with Crippen molar-refractivity contribution in [1.29, 1.82) is 0 Å². The Bertz CT molecular complexity index is 566. The van der Waals surface area contributed by atoms with Crippen LogP contribution in [-0.2, 0) is 6.54 Å². The van der Waals surface area contributed by atoms with E-state index in [2.05, 4.69) is 15.3 Å². The quantitative estimate of drug-likeness (QED) is 0.639. The number of H-pyrrole nitrogens is 1. The molecule has 0 spiro atoms. The number of nitro benzene ring substituents is 1. The Morgan fingerprint density at radius 3 is 2.95 bits per heavy atom. The number of nitro groups is 1. The maximum atomic E-state index is 10.9. The number of nitrogens with one attached hydrogen (secondary N) is 2. The zero-order valence-corrected chi connectivity index (χ0v) is 10.9. The lowest BCUT2D eigenvalue weighted by atomic mass is 10.0. The summed E-state index contributed by atoms with van der Waals surface area (Å²) in [6.45, 7) is 4.30. The Morgan fingerprint density at radius 2 is 2.32 bits per heavy atom. The number of rotatable bonds is 5. The molecule has 0 aliphatic heterocycles. The molecule has 0 saturated heterocycles. The first-order valence-corrected chi connectivity index (χ1v) is 6.04. The molecule has 0 aliphatic carbocycles. The minimum absolute atomic E-state index is 0.0180. The first kappa shape index (κ1) is 13.2. The molecule has 2 rings (SSSR count). The molecule has 0 fully saturated rings. The van der Waals surface area contributed by atoms with E-state index < -0.39 is 0 Å². The van der Waals surface area contributed by atoms with Crippen LogP contribution in [0.2, 0.25) is 0 Å². The van der Waals surface area contributed by atoms with E-state index in [1.54, 1.807) is 31.5 Å². The maximum absolute atomic E-state index is 10.9. The summed E-state index contributed by atoms with van der Waals surface area (Å²) in [5, 5.41) is 14.2. The summed E-state index contributed by atoms with van der Waals surface area (Å²) in [7, 11) is 0. The van der Waals surface area contributed by atoms with E-state index in [-0.39, 0.29) is 16.7 Å². The third-order valence-electron chi connectivity index (χ3n) is 3.06. The molecule has 0 saturated carbocycles. The second-order valence-electron chi connectivity index (χ2n) is 4.44. The van der Waals surface area contributed by atoms with Crippen molar-refractivity contribution in [2.45, 2.75) is 26.4 Å². The zero-order valence-electron chi connectivity index (χ0n) is 10.9. The van der Waals surface area contributed by atoms with Crippen LogP contribution >= 0.6 is 0 Å². The van der Waals surface area contributed by atoms with Gasteiger partial charge in [0.25, 0.3) is 5.69 Å². The van der Waals surface area contributed by atoms with E-state index in [1.807, 2.05) is 13.0 Å². The predicted molar refractivity (Wildman–Crippen MR) is 71.7 cm³/mol. The summed E-state index contributed by atoms with van der Waals surface area (Å²) in [6.07, 6.45) is 3.46. The third-order valence-corrected chi connectivity index (χ3v) is 3.06. The van der Waals surface area contributed by atoms with E-state index >= 15 is 0 Å². The lowest BCUT2D eigenvalue weighted by molar-refractivity contribution is -0.385. The Labute approximate surface area is 111 Å². The summed E-state index contributed by atoms with van der Waals surface area (Å²) in [4.78, 5) is 17.7. The number of hydrogen-bond donors (Lipinski definition) is 2. The van der Waals surface area contributed by atoms with Gasteiger partial charge in [-0.3, -0.25) is 10.1 Å². The van der Waals surface area contributed by atoms with Crippen LogP contribution in [0.5, 0.6) is 0 Å². The fraction of sp³-hybridized carbons (Fsp3) is 0.308.